The van der Waals surface area contributed by atoms with Crippen LogP contribution in [0.1, 0.15) is 18.4 Å². The Morgan fingerprint density at radius 3 is 2.26 bits per heavy atom. The number of alkyl halides is 3. The lowest BCUT2D eigenvalue weighted by atomic mass is 10.0. The molecule has 0 saturated carbocycles. The van der Waals surface area contributed by atoms with E-state index in [4.69, 9.17) is 10.5 Å². The largest absolute Gasteiger partial charge is 0.417 e. The molecular formula is C16H21F3N3O. The summed E-state index contributed by atoms with van der Waals surface area (Å²) in [5, 5.41) is 0. The highest BCUT2D eigenvalue weighted by molar-refractivity contribution is 5.72. The van der Waals surface area contributed by atoms with Crippen molar-refractivity contribution in [2.24, 2.45) is 5.73 Å². The van der Waals surface area contributed by atoms with Crippen LogP contribution in [0.15, 0.2) is 12.1 Å². The molecule has 3 rings (SSSR count). The summed E-state index contributed by atoms with van der Waals surface area (Å²) >= 11 is 0. The molecule has 0 atom stereocenters. The molecule has 2 N–H and O–H groups in total. The molecule has 0 amide bonds. The molecular weight excluding hydrogens is 307 g/mol. The molecule has 1 radical (unpaired) electrons. The summed E-state index contributed by atoms with van der Waals surface area (Å²) in [5.41, 5.74) is 6.63. The number of morpholine rings is 1. The van der Waals surface area contributed by atoms with Crippen LogP contribution in [0.2, 0.25) is 0 Å². The van der Waals surface area contributed by atoms with Gasteiger partial charge >= 0.3 is 6.18 Å². The number of benzene rings is 1. The highest BCUT2D eigenvalue weighted by Gasteiger charge is 2.33. The Hall–Kier alpha value is -1.47. The van der Waals surface area contributed by atoms with Crippen molar-refractivity contribution in [1.82, 2.24) is 0 Å². The Kier molecular flexibility index (Phi) is 4.68. The van der Waals surface area contributed by atoms with Gasteiger partial charge in [-0.1, -0.05) is 0 Å². The molecule has 2 saturated heterocycles. The molecule has 23 heavy (non-hydrogen) atoms. The summed E-state index contributed by atoms with van der Waals surface area (Å²) in [7, 11) is 0. The lowest BCUT2D eigenvalue weighted by Gasteiger charge is -2.37. The van der Waals surface area contributed by atoms with Crippen molar-refractivity contribution in [2.45, 2.75) is 25.1 Å². The summed E-state index contributed by atoms with van der Waals surface area (Å²) in [6.45, 7) is 3.79. The molecule has 2 aliphatic heterocycles. The molecule has 2 fully saturated rings. The Bertz CT molecular complexity index is 536. The Morgan fingerprint density at radius 2 is 1.65 bits per heavy atom. The number of nitrogens with zero attached hydrogens (tertiary/aromatic N) is 2. The smallest absolute Gasteiger partial charge is 0.378 e. The number of nitrogens with two attached hydrogens (primary N) is 1. The van der Waals surface area contributed by atoms with Gasteiger partial charge in [-0.15, -0.1) is 0 Å². The topological polar surface area (TPSA) is 41.7 Å². The first-order chi connectivity index (χ1) is 10.9. The van der Waals surface area contributed by atoms with Gasteiger partial charge < -0.3 is 20.3 Å². The molecule has 0 bridgehead atoms. The van der Waals surface area contributed by atoms with E-state index in [2.05, 4.69) is 11.0 Å². The van der Waals surface area contributed by atoms with E-state index in [1.54, 1.807) is 0 Å². The lowest BCUT2D eigenvalue weighted by Crippen LogP contribution is -2.42. The zero-order valence-electron chi connectivity index (χ0n) is 12.9. The molecule has 0 aliphatic carbocycles. The van der Waals surface area contributed by atoms with Crippen molar-refractivity contribution in [2.75, 3.05) is 49.2 Å². The maximum atomic E-state index is 13.1. The van der Waals surface area contributed by atoms with Crippen LogP contribution < -0.4 is 15.5 Å². The molecule has 2 aliphatic rings. The van der Waals surface area contributed by atoms with E-state index in [9.17, 15) is 13.2 Å². The number of piperidine rings is 1. The molecule has 1 aromatic rings. The summed E-state index contributed by atoms with van der Waals surface area (Å²) in [6, 6.07) is 5.28. The third kappa shape index (κ3) is 3.72. The van der Waals surface area contributed by atoms with Crippen molar-refractivity contribution >= 4 is 11.4 Å². The van der Waals surface area contributed by atoms with Gasteiger partial charge in [-0.05, 0) is 31.0 Å². The van der Waals surface area contributed by atoms with Crippen LogP contribution in [-0.4, -0.2) is 45.4 Å². The SMILES string of the molecule is NC1CCN(c2c[c]c(C(F)(F)F)cc2N2CCOCC2)CC1. The van der Waals surface area contributed by atoms with Gasteiger partial charge in [-0.25, -0.2) is 0 Å². The molecule has 1 aromatic carbocycles. The second-order valence-electron chi connectivity index (χ2n) is 6.04. The van der Waals surface area contributed by atoms with Crippen LogP contribution in [0.3, 0.4) is 0 Å². The summed E-state index contributed by atoms with van der Waals surface area (Å²) in [5.74, 6) is 0. The standard InChI is InChI=1S/C16H21F3N3O/c17-16(18,19)12-1-2-14(21-5-3-13(20)4-6-21)15(11-12)22-7-9-23-10-8-22/h2,11,13H,3-10,20H2. The van der Waals surface area contributed by atoms with Crippen LogP contribution in [0.25, 0.3) is 0 Å². The number of halogens is 3. The van der Waals surface area contributed by atoms with Crippen LogP contribution in [-0.2, 0) is 10.9 Å². The summed E-state index contributed by atoms with van der Waals surface area (Å²) < 4.78 is 44.5. The monoisotopic (exact) mass is 328 g/mol. The van der Waals surface area contributed by atoms with Crippen LogP contribution in [0.4, 0.5) is 24.5 Å². The lowest BCUT2D eigenvalue weighted by molar-refractivity contribution is -0.137. The zero-order valence-corrected chi connectivity index (χ0v) is 12.9. The number of anilines is 2. The molecule has 2 heterocycles. The normalized spacial score (nSPS) is 20.9. The van der Waals surface area contributed by atoms with Gasteiger partial charge in [0.2, 0.25) is 0 Å². The molecule has 0 unspecified atom stereocenters. The number of ether oxygens (including phenoxy) is 1. The van der Waals surface area contributed by atoms with Gasteiger partial charge in [0, 0.05) is 32.2 Å². The fourth-order valence-electron chi connectivity index (χ4n) is 3.09. The van der Waals surface area contributed by atoms with Gasteiger partial charge in [0.25, 0.3) is 0 Å². The van der Waals surface area contributed by atoms with Gasteiger partial charge in [0.05, 0.1) is 30.2 Å². The second kappa shape index (κ2) is 6.57. The van der Waals surface area contributed by atoms with E-state index >= 15 is 0 Å². The predicted molar refractivity (Wildman–Crippen MR) is 82.7 cm³/mol. The summed E-state index contributed by atoms with van der Waals surface area (Å²) in [4.78, 5) is 4.08. The van der Waals surface area contributed by atoms with Crippen molar-refractivity contribution in [3.63, 3.8) is 0 Å². The number of hydrogen-bond acceptors (Lipinski definition) is 4. The van der Waals surface area contributed by atoms with Crippen molar-refractivity contribution < 1.29 is 17.9 Å². The highest BCUT2D eigenvalue weighted by atomic mass is 19.4. The van der Waals surface area contributed by atoms with E-state index in [-0.39, 0.29) is 6.04 Å². The van der Waals surface area contributed by atoms with Crippen LogP contribution >= 0.6 is 0 Å². The van der Waals surface area contributed by atoms with E-state index in [1.807, 2.05) is 4.90 Å². The summed E-state index contributed by atoms with van der Waals surface area (Å²) in [6.07, 6.45) is -2.68. The maximum Gasteiger partial charge on any atom is 0.417 e. The molecule has 127 valence electrons. The van der Waals surface area contributed by atoms with Crippen molar-refractivity contribution in [3.05, 3.63) is 23.8 Å². The third-order valence-electron chi connectivity index (χ3n) is 4.45. The fourth-order valence-corrected chi connectivity index (χ4v) is 3.09. The van der Waals surface area contributed by atoms with E-state index in [1.165, 1.54) is 12.1 Å². The first kappa shape index (κ1) is 16.4. The number of hydrogen-bond donors (Lipinski definition) is 1. The predicted octanol–water partition coefficient (Wildman–Crippen LogP) is 2.27. The Labute approximate surface area is 134 Å². The molecule has 7 heteroatoms. The van der Waals surface area contributed by atoms with Gasteiger partial charge in [-0.2, -0.15) is 13.2 Å². The fraction of sp³-hybridized carbons (Fsp3) is 0.625. The number of rotatable bonds is 2. The highest BCUT2D eigenvalue weighted by Crippen LogP contribution is 2.38. The minimum Gasteiger partial charge on any atom is -0.378 e. The Morgan fingerprint density at radius 1 is 1.04 bits per heavy atom. The van der Waals surface area contributed by atoms with Gasteiger partial charge in [0.1, 0.15) is 0 Å². The van der Waals surface area contributed by atoms with Gasteiger partial charge in [-0.3, -0.25) is 0 Å². The average molecular weight is 328 g/mol. The van der Waals surface area contributed by atoms with E-state index < -0.39 is 11.7 Å². The van der Waals surface area contributed by atoms with E-state index in [0.29, 0.717) is 32.0 Å². The zero-order chi connectivity index (χ0) is 16.4. The van der Waals surface area contributed by atoms with Crippen molar-refractivity contribution in [3.8, 4) is 0 Å². The van der Waals surface area contributed by atoms with E-state index in [0.717, 1.165) is 31.6 Å². The minimum absolute atomic E-state index is 0.177. The Balaban J connectivity index is 1.93. The second-order valence-corrected chi connectivity index (χ2v) is 6.04. The first-order valence-corrected chi connectivity index (χ1v) is 7.91. The molecule has 0 spiro atoms. The minimum atomic E-state index is -4.39. The average Bonchev–Trinajstić information content (AvgIpc) is 2.55. The van der Waals surface area contributed by atoms with Crippen LogP contribution in [0.5, 0.6) is 0 Å². The third-order valence-corrected chi connectivity index (χ3v) is 4.45. The van der Waals surface area contributed by atoms with Crippen LogP contribution in [0, 0.1) is 6.07 Å². The molecule has 4 nitrogen and oxygen atoms in total. The maximum absolute atomic E-state index is 13.1. The molecule has 0 aromatic heterocycles. The van der Waals surface area contributed by atoms with Gasteiger partial charge in [0.15, 0.2) is 0 Å². The first-order valence-electron chi connectivity index (χ1n) is 7.91. The van der Waals surface area contributed by atoms with Crippen molar-refractivity contribution in [1.29, 1.82) is 0 Å². The quantitative estimate of drug-likeness (QED) is 0.904.